The van der Waals surface area contributed by atoms with Gasteiger partial charge in [-0.05, 0) is 18.9 Å². The van der Waals surface area contributed by atoms with Crippen molar-refractivity contribution in [3.63, 3.8) is 0 Å². The van der Waals surface area contributed by atoms with Crippen LogP contribution in [0.1, 0.15) is 25.7 Å². The average Bonchev–Trinajstić information content (AvgIpc) is 2.66. The first kappa shape index (κ1) is 12.6. The molecule has 0 spiro atoms. The second-order valence-corrected chi connectivity index (χ2v) is 6.71. The van der Waals surface area contributed by atoms with Gasteiger partial charge in [-0.3, -0.25) is 4.79 Å². The van der Waals surface area contributed by atoms with Crippen LogP contribution in [0, 0.1) is 0 Å². The summed E-state index contributed by atoms with van der Waals surface area (Å²) < 4.78 is 26.6. The second kappa shape index (κ2) is 4.78. The Hall–Kier alpha value is -0.880. The predicted molar refractivity (Wildman–Crippen MR) is 64.9 cm³/mol. The van der Waals surface area contributed by atoms with E-state index in [-0.39, 0.29) is 25.0 Å². The normalized spacial score (nSPS) is 22.5. The summed E-state index contributed by atoms with van der Waals surface area (Å²) in [6.45, 7) is 3.95. The molecule has 1 amide bonds. The van der Waals surface area contributed by atoms with Gasteiger partial charge in [-0.2, -0.15) is 0 Å². The zero-order chi connectivity index (χ0) is 12.5. The van der Waals surface area contributed by atoms with Crippen molar-refractivity contribution in [2.75, 3.05) is 13.1 Å². The van der Waals surface area contributed by atoms with Crippen LogP contribution in [0.2, 0.25) is 0 Å². The molecular formula is C11H18N2O3S. The van der Waals surface area contributed by atoms with Gasteiger partial charge in [0.25, 0.3) is 0 Å². The van der Waals surface area contributed by atoms with Crippen molar-refractivity contribution in [1.82, 2.24) is 9.62 Å². The van der Waals surface area contributed by atoms with Gasteiger partial charge < -0.3 is 4.90 Å². The lowest BCUT2D eigenvalue weighted by Crippen LogP contribution is -2.59. The fraction of sp³-hybridized carbons (Fsp3) is 0.727. The van der Waals surface area contributed by atoms with Crippen molar-refractivity contribution in [2.45, 2.75) is 37.0 Å². The van der Waals surface area contributed by atoms with E-state index in [1.165, 1.54) is 11.0 Å². The van der Waals surface area contributed by atoms with Gasteiger partial charge in [0.1, 0.15) is 5.25 Å². The van der Waals surface area contributed by atoms with E-state index in [0.717, 1.165) is 25.7 Å². The van der Waals surface area contributed by atoms with Crippen molar-refractivity contribution in [3.05, 3.63) is 12.7 Å². The molecule has 1 aliphatic carbocycles. The van der Waals surface area contributed by atoms with Crippen LogP contribution in [0.4, 0.5) is 0 Å². The Morgan fingerprint density at radius 2 is 1.88 bits per heavy atom. The summed E-state index contributed by atoms with van der Waals surface area (Å²) in [5.74, 6) is -0.197. The smallest absolute Gasteiger partial charge is 0.246 e. The lowest BCUT2D eigenvalue weighted by Gasteiger charge is -2.38. The minimum Gasteiger partial charge on any atom is -0.336 e. The Morgan fingerprint density at radius 1 is 1.29 bits per heavy atom. The van der Waals surface area contributed by atoms with E-state index < -0.39 is 15.3 Å². The number of amides is 1. The fourth-order valence-corrected chi connectivity index (χ4v) is 3.96. The van der Waals surface area contributed by atoms with E-state index in [2.05, 4.69) is 11.3 Å². The highest BCUT2D eigenvalue weighted by Crippen LogP contribution is 2.21. The van der Waals surface area contributed by atoms with Crippen LogP contribution >= 0.6 is 0 Å². The Bertz CT molecular complexity index is 406. The zero-order valence-corrected chi connectivity index (χ0v) is 10.6. The van der Waals surface area contributed by atoms with Gasteiger partial charge in [-0.15, -0.1) is 0 Å². The molecule has 0 aromatic heterocycles. The second-order valence-electron chi connectivity index (χ2n) is 4.71. The van der Waals surface area contributed by atoms with Gasteiger partial charge >= 0.3 is 0 Å². The highest BCUT2D eigenvalue weighted by molar-refractivity contribution is 7.90. The lowest BCUT2D eigenvalue weighted by atomic mass is 10.2. The molecule has 0 bridgehead atoms. The molecule has 0 aromatic rings. The molecule has 17 heavy (non-hydrogen) atoms. The predicted octanol–water partition coefficient (Wildman–Crippen LogP) is 0.245. The molecule has 0 aromatic carbocycles. The average molecular weight is 258 g/mol. The van der Waals surface area contributed by atoms with Gasteiger partial charge in [-0.25, -0.2) is 13.1 Å². The van der Waals surface area contributed by atoms with Crippen molar-refractivity contribution in [3.8, 4) is 0 Å². The summed E-state index contributed by atoms with van der Waals surface area (Å²) in [7, 11) is -3.26. The quantitative estimate of drug-likeness (QED) is 0.735. The van der Waals surface area contributed by atoms with Crippen LogP contribution in [0.5, 0.6) is 0 Å². The topological polar surface area (TPSA) is 66.5 Å². The van der Waals surface area contributed by atoms with Crippen molar-refractivity contribution in [2.24, 2.45) is 0 Å². The summed E-state index contributed by atoms with van der Waals surface area (Å²) >= 11 is 0. The Labute approximate surface area is 102 Å². The summed E-state index contributed by atoms with van der Waals surface area (Å²) in [6.07, 6.45) is 5.27. The molecule has 2 rings (SSSR count). The number of carbonyl (C=O) groups excluding carboxylic acids is 1. The first-order valence-corrected chi connectivity index (χ1v) is 7.50. The lowest BCUT2D eigenvalue weighted by molar-refractivity contribution is -0.129. The standard InChI is InChI=1S/C11H18N2O3S/c1-2-11(14)13-7-10(8-13)17(15,16)12-9-5-3-4-6-9/h2,9-10,12H,1,3-8H2. The first-order valence-electron chi connectivity index (χ1n) is 5.95. The maximum absolute atomic E-state index is 12.0. The van der Waals surface area contributed by atoms with Gasteiger partial charge in [-0.1, -0.05) is 19.4 Å². The van der Waals surface area contributed by atoms with Gasteiger partial charge in [0, 0.05) is 19.1 Å². The number of likely N-dealkylation sites (tertiary alicyclic amines) is 1. The van der Waals surface area contributed by atoms with Crippen LogP contribution in [0.25, 0.3) is 0 Å². The minimum absolute atomic E-state index is 0.101. The third-order valence-electron chi connectivity index (χ3n) is 3.46. The third-order valence-corrected chi connectivity index (χ3v) is 5.30. The molecule has 0 radical (unpaired) electrons. The van der Waals surface area contributed by atoms with E-state index in [9.17, 15) is 13.2 Å². The summed E-state index contributed by atoms with van der Waals surface area (Å²) in [6, 6.07) is 0.101. The molecule has 2 fully saturated rings. The third kappa shape index (κ3) is 2.69. The first-order chi connectivity index (χ1) is 8.03. The van der Waals surface area contributed by atoms with Gasteiger partial charge in [0.05, 0.1) is 0 Å². The number of hydrogen-bond donors (Lipinski definition) is 1. The molecule has 1 aliphatic heterocycles. The monoisotopic (exact) mass is 258 g/mol. The van der Waals surface area contributed by atoms with Crippen LogP contribution in [0.15, 0.2) is 12.7 Å². The van der Waals surface area contributed by atoms with Crippen molar-refractivity contribution in [1.29, 1.82) is 0 Å². The zero-order valence-electron chi connectivity index (χ0n) is 9.76. The maximum Gasteiger partial charge on any atom is 0.246 e. The van der Waals surface area contributed by atoms with Crippen LogP contribution in [0.3, 0.4) is 0 Å². The number of nitrogens with zero attached hydrogens (tertiary/aromatic N) is 1. The number of hydrogen-bond acceptors (Lipinski definition) is 3. The van der Waals surface area contributed by atoms with E-state index in [1.807, 2.05) is 0 Å². The molecule has 1 saturated carbocycles. The van der Waals surface area contributed by atoms with Crippen molar-refractivity contribution < 1.29 is 13.2 Å². The van der Waals surface area contributed by atoms with Crippen LogP contribution in [-0.4, -0.2) is 43.6 Å². The molecule has 2 aliphatic rings. The number of carbonyl (C=O) groups is 1. The molecular weight excluding hydrogens is 240 g/mol. The molecule has 96 valence electrons. The summed E-state index contributed by atoms with van der Waals surface area (Å²) in [4.78, 5) is 12.7. The number of sulfonamides is 1. The molecule has 0 unspecified atom stereocenters. The Balaban J connectivity index is 1.86. The van der Waals surface area contributed by atoms with E-state index >= 15 is 0 Å². The summed E-state index contributed by atoms with van der Waals surface area (Å²) in [5, 5.41) is -0.452. The Kier molecular flexibility index (Phi) is 3.53. The highest BCUT2D eigenvalue weighted by Gasteiger charge is 2.40. The largest absolute Gasteiger partial charge is 0.336 e. The molecule has 1 heterocycles. The minimum atomic E-state index is -3.26. The number of nitrogens with one attached hydrogen (secondary N) is 1. The van der Waals surface area contributed by atoms with Gasteiger partial charge in [0.15, 0.2) is 0 Å². The van der Waals surface area contributed by atoms with E-state index in [1.54, 1.807) is 0 Å². The highest BCUT2D eigenvalue weighted by atomic mass is 32.2. The molecule has 6 heteroatoms. The molecule has 1 N–H and O–H groups in total. The SMILES string of the molecule is C=CC(=O)N1CC(S(=O)(=O)NC2CCCC2)C1. The Morgan fingerprint density at radius 3 is 2.41 bits per heavy atom. The van der Waals surface area contributed by atoms with E-state index in [4.69, 9.17) is 0 Å². The van der Waals surface area contributed by atoms with E-state index in [0.29, 0.717) is 0 Å². The number of rotatable bonds is 4. The van der Waals surface area contributed by atoms with Crippen LogP contribution < -0.4 is 4.72 Å². The fourth-order valence-electron chi connectivity index (χ4n) is 2.32. The summed E-state index contributed by atoms with van der Waals surface area (Å²) in [5.41, 5.74) is 0. The molecule has 1 saturated heterocycles. The van der Waals surface area contributed by atoms with Crippen LogP contribution in [-0.2, 0) is 14.8 Å². The molecule has 5 nitrogen and oxygen atoms in total. The maximum atomic E-state index is 12.0. The van der Waals surface area contributed by atoms with Crippen molar-refractivity contribution >= 4 is 15.9 Å². The van der Waals surface area contributed by atoms with Gasteiger partial charge in [0.2, 0.25) is 15.9 Å². The molecule has 0 atom stereocenters.